The van der Waals surface area contributed by atoms with Gasteiger partial charge in [0.05, 0.1) is 0 Å². The summed E-state index contributed by atoms with van der Waals surface area (Å²) >= 11 is 0. The van der Waals surface area contributed by atoms with E-state index < -0.39 is 21.6 Å². The van der Waals surface area contributed by atoms with E-state index in [-0.39, 0.29) is 6.42 Å². The fourth-order valence-corrected chi connectivity index (χ4v) is 0.253. The van der Waals surface area contributed by atoms with E-state index in [0.29, 0.717) is 13.0 Å². The molecule has 0 unspecified atom stereocenters. The van der Waals surface area contributed by atoms with Crippen molar-refractivity contribution in [3.63, 3.8) is 0 Å². The van der Waals surface area contributed by atoms with Crippen LogP contribution in [0.25, 0.3) is 0 Å². The molecule has 0 radical (unpaired) electrons. The average molecular weight is 299 g/mol. The summed E-state index contributed by atoms with van der Waals surface area (Å²) in [5.41, 5.74) is 5.01. The second-order valence-electron chi connectivity index (χ2n) is 2.31. The van der Waals surface area contributed by atoms with Crippen molar-refractivity contribution in [2.24, 2.45) is 5.73 Å². The number of hydrogen-bond donors (Lipinski definition) is 8. The zero-order valence-corrected chi connectivity index (χ0v) is 10.2. The largest absolute Gasteiger partial charge is 0.481 e. The van der Waals surface area contributed by atoms with Gasteiger partial charge < -0.3 is 40.2 Å². The first kappa shape index (κ1) is 21.9. The van der Waals surface area contributed by atoms with Gasteiger partial charge in [-0.2, -0.15) is 0 Å². The molecule has 0 heterocycles. The normalized spacial score (nSPS) is 10.5. The highest BCUT2D eigenvalue weighted by Crippen LogP contribution is 2.26. The summed E-state index contributed by atoms with van der Waals surface area (Å²) in [6, 6.07) is 0. The van der Waals surface area contributed by atoms with E-state index in [4.69, 9.17) is 49.3 Å². The summed E-state index contributed by atoms with van der Waals surface area (Å²) in [7, 11) is -9.28. The van der Waals surface area contributed by atoms with Crippen molar-refractivity contribution in [1.82, 2.24) is 0 Å². The Hall–Kier alpha value is -0.350. The van der Waals surface area contributed by atoms with Crippen molar-refractivity contribution in [1.29, 1.82) is 0 Å². The number of phosphoric acid groups is 2. The third-order valence-corrected chi connectivity index (χ3v) is 0.595. The van der Waals surface area contributed by atoms with E-state index >= 15 is 0 Å². The third-order valence-electron chi connectivity index (χ3n) is 0.595. The molecule has 0 aromatic heterocycles. The van der Waals surface area contributed by atoms with Crippen LogP contribution in [0.5, 0.6) is 0 Å². The lowest BCUT2D eigenvalue weighted by atomic mass is 10.3. The number of nitrogens with two attached hydrogens (primary N) is 1. The first-order valence-corrected chi connectivity index (χ1v) is 6.88. The van der Waals surface area contributed by atoms with Gasteiger partial charge in [0.25, 0.3) is 0 Å². The van der Waals surface area contributed by atoms with Crippen LogP contribution in [0.1, 0.15) is 12.8 Å². The van der Waals surface area contributed by atoms with Crippen LogP contribution in [0, 0.1) is 0 Å². The molecule has 0 rings (SSSR count). The molecule has 0 bridgehead atoms. The number of aliphatic carboxylic acids is 1. The molecule has 11 nitrogen and oxygen atoms in total. The molecule has 0 amide bonds. The molecule has 0 atom stereocenters. The minimum Gasteiger partial charge on any atom is -0.481 e. The van der Waals surface area contributed by atoms with Gasteiger partial charge in [0.1, 0.15) is 0 Å². The second-order valence-corrected chi connectivity index (χ2v) is 4.37. The van der Waals surface area contributed by atoms with E-state index in [2.05, 4.69) is 0 Å². The SMILES string of the molecule is NCCCC(=O)O.O=P(O)(O)O.O=P(O)(O)O. The Kier molecular flexibility index (Phi) is 13.9. The van der Waals surface area contributed by atoms with Gasteiger partial charge in [-0.15, -0.1) is 0 Å². The van der Waals surface area contributed by atoms with Gasteiger partial charge >= 0.3 is 21.6 Å². The van der Waals surface area contributed by atoms with Crippen LogP contribution in [0.2, 0.25) is 0 Å². The van der Waals surface area contributed by atoms with Crippen molar-refractivity contribution >= 4 is 21.6 Å². The summed E-state index contributed by atoms with van der Waals surface area (Å²) in [5, 5.41) is 7.99. The molecule has 0 aliphatic rings. The third kappa shape index (κ3) is 219. The number of carbonyl (C=O) groups is 1. The van der Waals surface area contributed by atoms with Crippen LogP contribution in [0.4, 0.5) is 0 Å². The van der Waals surface area contributed by atoms with Crippen LogP contribution in [-0.2, 0) is 13.9 Å². The Morgan fingerprint density at radius 2 is 1.18 bits per heavy atom. The first-order chi connectivity index (χ1) is 7.27. The van der Waals surface area contributed by atoms with Crippen molar-refractivity contribution in [2.45, 2.75) is 12.8 Å². The molecule has 0 aromatic rings. The van der Waals surface area contributed by atoms with Crippen molar-refractivity contribution in [2.75, 3.05) is 6.54 Å². The lowest BCUT2D eigenvalue weighted by Gasteiger charge is -1.86. The van der Waals surface area contributed by atoms with Gasteiger partial charge in [-0.1, -0.05) is 0 Å². The van der Waals surface area contributed by atoms with E-state index in [1.165, 1.54) is 0 Å². The van der Waals surface area contributed by atoms with Gasteiger partial charge in [0, 0.05) is 6.42 Å². The lowest BCUT2D eigenvalue weighted by molar-refractivity contribution is -0.137. The molecule has 106 valence electrons. The first-order valence-electron chi connectivity index (χ1n) is 3.75. The number of hydrogen-bond acceptors (Lipinski definition) is 4. The van der Waals surface area contributed by atoms with Crippen LogP contribution in [-0.4, -0.2) is 47.0 Å². The molecule has 9 N–H and O–H groups in total. The smallest absolute Gasteiger partial charge is 0.466 e. The van der Waals surface area contributed by atoms with Gasteiger partial charge in [-0.05, 0) is 13.0 Å². The number of rotatable bonds is 3. The number of carboxylic acids is 1. The minimum atomic E-state index is -4.64. The second kappa shape index (κ2) is 10.8. The van der Waals surface area contributed by atoms with Crippen LogP contribution in [0.15, 0.2) is 0 Å². The van der Waals surface area contributed by atoms with Gasteiger partial charge in [0.15, 0.2) is 0 Å². The maximum Gasteiger partial charge on any atom is 0.466 e. The Morgan fingerprint density at radius 3 is 1.24 bits per heavy atom. The van der Waals surface area contributed by atoms with Crippen molar-refractivity contribution in [3.05, 3.63) is 0 Å². The fraction of sp³-hybridized carbons (Fsp3) is 0.750. The van der Waals surface area contributed by atoms with Crippen molar-refractivity contribution < 1.29 is 48.4 Å². The molecule has 0 fully saturated rings. The van der Waals surface area contributed by atoms with E-state index in [1.807, 2.05) is 0 Å². The molecular formula is C4H15NO10P2. The van der Waals surface area contributed by atoms with E-state index in [1.54, 1.807) is 0 Å². The Morgan fingerprint density at radius 1 is 0.941 bits per heavy atom. The summed E-state index contributed by atoms with van der Waals surface area (Å²) in [4.78, 5) is 52.8. The van der Waals surface area contributed by atoms with E-state index in [0.717, 1.165) is 0 Å². The number of carboxylic acid groups (broad SMARTS) is 1. The summed E-state index contributed by atoms with van der Waals surface area (Å²) < 4.78 is 17.8. The monoisotopic (exact) mass is 299 g/mol. The molecule has 0 aliphatic heterocycles. The molecule has 0 saturated carbocycles. The van der Waals surface area contributed by atoms with Gasteiger partial charge in [-0.25, -0.2) is 9.13 Å². The molecule has 0 aromatic carbocycles. The lowest BCUT2D eigenvalue weighted by Crippen LogP contribution is -2.02. The van der Waals surface area contributed by atoms with Gasteiger partial charge in [-0.3, -0.25) is 4.79 Å². The van der Waals surface area contributed by atoms with Crippen LogP contribution >= 0.6 is 15.6 Å². The molecular weight excluding hydrogens is 284 g/mol. The van der Waals surface area contributed by atoms with Crippen LogP contribution in [0.3, 0.4) is 0 Å². The van der Waals surface area contributed by atoms with E-state index in [9.17, 15) is 4.79 Å². The average Bonchev–Trinajstić information content (AvgIpc) is 1.93. The highest BCUT2D eigenvalue weighted by molar-refractivity contribution is 7.45. The Bertz CT molecular complexity index is 244. The summed E-state index contributed by atoms with van der Waals surface area (Å²) in [6.07, 6.45) is 0.770. The highest BCUT2D eigenvalue weighted by Gasteiger charge is 2.00. The zero-order valence-electron chi connectivity index (χ0n) is 8.45. The highest BCUT2D eigenvalue weighted by atomic mass is 31.2. The Labute approximate surface area is 96.0 Å². The van der Waals surface area contributed by atoms with Gasteiger partial charge in [0.2, 0.25) is 0 Å². The maximum atomic E-state index is 9.70. The Balaban J connectivity index is -0.000000177. The fourth-order valence-electron chi connectivity index (χ4n) is 0.253. The predicted octanol–water partition coefficient (Wildman–Crippen LogP) is -2.05. The zero-order chi connectivity index (χ0) is 14.7. The topological polar surface area (TPSA) is 219 Å². The molecule has 0 saturated heterocycles. The van der Waals surface area contributed by atoms with Crippen molar-refractivity contribution in [3.8, 4) is 0 Å². The molecule has 0 aliphatic carbocycles. The quantitative estimate of drug-likeness (QED) is 0.265. The standard InChI is InChI=1S/C4H9NO2.2H3O4P/c5-3-1-2-4(6)7;2*1-5(2,3)4/h1-3,5H2,(H,6,7);2*(H3,1,2,3,4). The predicted molar refractivity (Wildman–Crippen MR) is 54.5 cm³/mol. The summed E-state index contributed by atoms with van der Waals surface area (Å²) in [5.74, 6) is -0.773. The molecule has 0 spiro atoms. The molecule has 17 heavy (non-hydrogen) atoms. The van der Waals surface area contributed by atoms with Crippen LogP contribution < -0.4 is 5.73 Å². The molecule has 13 heteroatoms. The maximum absolute atomic E-state index is 9.70. The minimum absolute atomic E-state index is 0.191. The summed E-state index contributed by atoms with van der Waals surface area (Å²) in [6.45, 7) is 0.465.